The zero-order valence-corrected chi connectivity index (χ0v) is 14.3. The third-order valence-corrected chi connectivity index (χ3v) is 3.65. The number of nitrogens with zero attached hydrogens (tertiary/aromatic N) is 1. The predicted molar refractivity (Wildman–Crippen MR) is 84.5 cm³/mol. The molecule has 1 aliphatic heterocycles. The number of likely N-dealkylation sites (tertiary alicyclic amines) is 1. The Kier molecular flexibility index (Phi) is 7.46. The van der Waals surface area contributed by atoms with E-state index >= 15 is 0 Å². The van der Waals surface area contributed by atoms with Crippen LogP contribution in [0.3, 0.4) is 0 Å². The summed E-state index contributed by atoms with van der Waals surface area (Å²) in [6.45, 7) is 13.1. The molecule has 1 amide bonds. The van der Waals surface area contributed by atoms with Crippen molar-refractivity contribution >= 4 is 6.09 Å². The minimum atomic E-state index is -0.425. The topological polar surface area (TPSA) is 50.8 Å². The monoisotopic (exact) mass is 300 g/mol. The van der Waals surface area contributed by atoms with Crippen LogP contribution in [0.1, 0.15) is 53.9 Å². The molecule has 1 aliphatic rings. The fourth-order valence-corrected chi connectivity index (χ4v) is 2.21. The minimum absolute atomic E-state index is 0.209. The second kappa shape index (κ2) is 8.59. The summed E-state index contributed by atoms with van der Waals surface area (Å²) in [4.78, 5) is 13.7. The average Bonchev–Trinajstić information content (AvgIpc) is 2.42. The summed E-state index contributed by atoms with van der Waals surface area (Å²) in [5.41, 5.74) is -0.425. The number of piperidine rings is 1. The molecule has 1 saturated heterocycles. The zero-order chi connectivity index (χ0) is 15.9. The van der Waals surface area contributed by atoms with Crippen molar-refractivity contribution in [2.24, 2.45) is 0 Å². The summed E-state index contributed by atoms with van der Waals surface area (Å²) in [6.07, 6.45) is 2.97. The number of hydrogen-bond acceptors (Lipinski definition) is 4. The Labute approximate surface area is 129 Å². The fourth-order valence-electron chi connectivity index (χ4n) is 2.21. The van der Waals surface area contributed by atoms with E-state index in [-0.39, 0.29) is 12.2 Å². The van der Waals surface area contributed by atoms with Gasteiger partial charge in [-0.1, -0.05) is 6.92 Å². The third-order valence-electron chi connectivity index (χ3n) is 3.65. The van der Waals surface area contributed by atoms with Crippen molar-refractivity contribution in [3.05, 3.63) is 0 Å². The maximum absolute atomic E-state index is 11.9. The predicted octanol–water partition coefficient (Wildman–Crippen LogP) is 2.79. The van der Waals surface area contributed by atoms with Crippen LogP contribution in [0.2, 0.25) is 0 Å². The molecule has 124 valence electrons. The summed E-state index contributed by atoms with van der Waals surface area (Å²) in [5.74, 6) is 0. The number of hydrogen-bond donors (Lipinski definition) is 1. The van der Waals surface area contributed by atoms with Crippen molar-refractivity contribution in [1.82, 2.24) is 10.2 Å². The van der Waals surface area contributed by atoms with E-state index in [2.05, 4.69) is 19.2 Å². The number of carbonyl (C=O) groups is 1. The van der Waals surface area contributed by atoms with Gasteiger partial charge in [0.2, 0.25) is 0 Å². The Balaban J connectivity index is 2.16. The molecular weight excluding hydrogens is 268 g/mol. The van der Waals surface area contributed by atoms with Crippen LogP contribution in [0.25, 0.3) is 0 Å². The zero-order valence-electron chi connectivity index (χ0n) is 14.3. The highest BCUT2D eigenvalue weighted by atomic mass is 16.6. The van der Waals surface area contributed by atoms with Crippen LogP contribution in [0, 0.1) is 0 Å². The fraction of sp³-hybridized carbons (Fsp3) is 0.938. The molecule has 5 heteroatoms. The highest BCUT2D eigenvalue weighted by Gasteiger charge is 2.26. The van der Waals surface area contributed by atoms with E-state index in [1.807, 2.05) is 20.8 Å². The van der Waals surface area contributed by atoms with Gasteiger partial charge in [0.25, 0.3) is 0 Å². The summed E-state index contributed by atoms with van der Waals surface area (Å²) in [7, 11) is 0. The summed E-state index contributed by atoms with van der Waals surface area (Å²) in [5, 5.41) is 3.42. The van der Waals surface area contributed by atoms with Crippen molar-refractivity contribution < 1.29 is 14.3 Å². The van der Waals surface area contributed by atoms with Crippen LogP contribution in [0.4, 0.5) is 4.79 Å². The molecule has 0 aliphatic carbocycles. The first-order chi connectivity index (χ1) is 9.81. The number of ether oxygens (including phenoxy) is 2. The number of nitrogens with one attached hydrogen (secondary N) is 1. The van der Waals surface area contributed by atoms with Gasteiger partial charge in [-0.05, 0) is 47.0 Å². The van der Waals surface area contributed by atoms with Crippen LogP contribution in [0.15, 0.2) is 0 Å². The normalized spacial score (nSPS) is 18.6. The molecule has 1 atom stereocenters. The van der Waals surface area contributed by atoms with Crippen molar-refractivity contribution in [2.75, 3.05) is 26.2 Å². The minimum Gasteiger partial charge on any atom is -0.444 e. The average molecular weight is 300 g/mol. The second-order valence-corrected chi connectivity index (χ2v) is 6.80. The summed E-state index contributed by atoms with van der Waals surface area (Å²) < 4.78 is 11.3. The lowest BCUT2D eigenvalue weighted by atomic mass is 10.1. The van der Waals surface area contributed by atoms with Crippen LogP contribution in [0.5, 0.6) is 0 Å². The lowest BCUT2D eigenvalue weighted by Gasteiger charge is -2.33. The van der Waals surface area contributed by atoms with Crippen LogP contribution in [-0.2, 0) is 9.47 Å². The van der Waals surface area contributed by atoms with E-state index in [4.69, 9.17) is 9.47 Å². The molecule has 1 unspecified atom stereocenters. The van der Waals surface area contributed by atoms with Gasteiger partial charge in [-0.15, -0.1) is 0 Å². The Bertz CT molecular complexity index is 307. The molecular formula is C16H32N2O3. The van der Waals surface area contributed by atoms with Gasteiger partial charge in [0.1, 0.15) is 5.60 Å². The van der Waals surface area contributed by atoms with E-state index < -0.39 is 5.60 Å². The first-order valence-electron chi connectivity index (χ1n) is 8.14. The van der Waals surface area contributed by atoms with E-state index in [0.29, 0.717) is 6.04 Å². The standard InChI is InChI=1S/C16H32N2O3/c1-6-13(2)17-9-12-20-14-7-10-18(11-8-14)15(19)21-16(3,4)5/h13-14,17H,6-12H2,1-5H3. The molecule has 1 fully saturated rings. The number of amides is 1. The first kappa shape index (κ1) is 18.2. The molecule has 1 rings (SSSR count). The quantitative estimate of drug-likeness (QED) is 0.766. The molecule has 1 N–H and O–H groups in total. The molecule has 0 aromatic rings. The smallest absolute Gasteiger partial charge is 0.410 e. The third kappa shape index (κ3) is 7.67. The Morgan fingerprint density at radius 3 is 2.48 bits per heavy atom. The number of carbonyl (C=O) groups excluding carboxylic acids is 1. The van der Waals surface area contributed by atoms with Gasteiger partial charge in [0.05, 0.1) is 12.7 Å². The van der Waals surface area contributed by atoms with E-state index in [9.17, 15) is 4.79 Å². The molecule has 0 radical (unpaired) electrons. The lowest BCUT2D eigenvalue weighted by Crippen LogP contribution is -2.43. The van der Waals surface area contributed by atoms with Gasteiger partial charge in [0.15, 0.2) is 0 Å². The van der Waals surface area contributed by atoms with E-state index in [0.717, 1.165) is 45.5 Å². The Hall–Kier alpha value is -0.810. The molecule has 5 nitrogen and oxygen atoms in total. The second-order valence-electron chi connectivity index (χ2n) is 6.80. The largest absolute Gasteiger partial charge is 0.444 e. The van der Waals surface area contributed by atoms with Crippen molar-refractivity contribution in [1.29, 1.82) is 0 Å². The van der Waals surface area contributed by atoms with E-state index in [1.54, 1.807) is 4.90 Å². The first-order valence-corrected chi connectivity index (χ1v) is 8.14. The van der Waals surface area contributed by atoms with Crippen molar-refractivity contribution in [3.8, 4) is 0 Å². The maximum Gasteiger partial charge on any atom is 0.410 e. The molecule has 0 aromatic heterocycles. The van der Waals surface area contributed by atoms with Crippen LogP contribution >= 0.6 is 0 Å². The maximum atomic E-state index is 11.9. The van der Waals surface area contributed by atoms with Crippen molar-refractivity contribution in [2.45, 2.75) is 71.6 Å². The van der Waals surface area contributed by atoms with Gasteiger partial charge < -0.3 is 19.7 Å². The molecule has 0 aromatic carbocycles. The van der Waals surface area contributed by atoms with Gasteiger partial charge in [-0.2, -0.15) is 0 Å². The lowest BCUT2D eigenvalue weighted by molar-refractivity contribution is -0.0107. The molecule has 0 bridgehead atoms. The molecule has 0 spiro atoms. The van der Waals surface area contributed by atoms with Gasteiger partial charge in [-0.25, -0.2) is 4.79 Å². The van der Waals surface area contributed by atoms with Crippen LogP contribution < -0.4 is 5.32 Å². The van der Waals surface area contributed by atoms with E-state index in [1.165, 1.54) is 0 Å². The van der Waals surface area contributed by atoms with Gasteiger partial charge in [0, 0.05) is 25.7 Å². The SMILES string of the molecule is CCC(C)NCCOC1CCN(C(=O)OC(C)(C)C)CC1. The number of rotatable bonds is 6. The Morgan fingerprint density at radius 2 is 1.95 bits per heavy atom. The van der Waals surface area contributed by atoms with Crippen molar-refractivity contribution in [3.63, 3.8) is 0 Å². The van der Waals surface area contributed by atoms with Crippen LogP contribution in [-0.4, -0.2) is 55.0 Å². The van der Waals surface area contributed by atoms with Gasteiger partial charge >= 0.3 is 6.09 Å². The summed E-state index contributed by atoms with van der Waals surface area (Å²) in [6, 6.07) is 0.544. The molecule has 21 heavy (non-hydrogen) atoms. The highest BCUT2D eigenvalue weighted by molar-refractivity contribution is 5.68. The molecule has 1 heterocycles. The highest BCUT2D eigenvalue weighted by Crippen LogP contribution is 2.17. The summed E-state index contributed by atoms with van der Waals surface area (Å²) >= 11 is 0. The van der Waals surface area contributed by atoms with Gasteiger partial charge in [-0.3, -0.25) is 0 Å². The molecule has 0 saturated carbocycles. The Morgan fingerprint density at radius 1 is 1.33 bits per heavy atom.